The average Bonchev–Trinajstić information content (AvgIpc) is 3.25. The van der Waals surface area contributed by atoms with Crippen molar-refractivity contribution < 1.29 is 33.6 Å². The molecular formula is C32H34N2O7. The Balaban J connectivity index is 1.59. The maximum atomic E-state index is 13.5. The standard InChI is InChI=1S/C32H34N2O7/c1-3-5-6-15-39-24-9-7-22(18-26(24)38-4-2)29-28(30(35)23-8-10-25-27(19-23)41-17-16-40-25)31(36)32(37)34(29)20-21-11-13-33-14-12-21/h7-14,18-19,29,35H,3-6,15-17,20H2,1-2H3/t29-/m1/s1. The first-order chi connectivity index (χ1) is 20.0. The van der Waals surface area contributed by atoms with Gasteiger partial charge in [0.05, 0.1) is 24.8 Å². The van der Waals surface area contributed by atoms with Crippen LogP contribution in [0.1, 0.15) is 55.8 Å². The number of aromatic nitrogens is 1. The zero-order valence-corrected chi connectivity index (χ0v) is 23.3. The second kappa shape index (κ2) is 12.8. The lowest BCUT2D eigenvalue weighted by atomic mass is 9.94. The Morgan fingerprint density at radius 3 is 2.49 bits per heavy atom. The SMILES string of the molecule is CCCCCOc1ccc([C@@H]2C(=C(O)c3ccc4c(c3)OCCO4)C(=O)C(=O)N2Cc2ccncc2)cc1OCC. The fraction of sp³-hybridized carbons (Fsp3) is 0.344. The van der Waals surface area contributed by atoms with E-state index < -0.39 is 17.7 Å². The molecular weight excluding hydrogens is 524 g/mol. The molecule has 1 saturated heterocycles. The third-order valence-electron chi connectivity index (χ3n) is 7.05. The van der Waals surface area contributed by atoms with Crippen LogP contribution in [0.15, 0.2) is 66.5 Å². The Hall–Kier alpha value is -4.53. The summed E-state index contributed by atoms with van der Waals surface area (Å²) in [7, 11) is 0. The van der Waals surface area contributed by atoms with Crippen LogP contribution in [0.3, 0.4) is 0 Å². The summed E-state index contributed by atoms with van der Waals surface area (Å²) in [6.45, 7) is 5.92. The van der Waals surface area contributed by atoms with Crippen molar-refractivity contribution in [2.75, 3.05) is 26.4 Å². The molecule has 0 radical (unpaired) electrons. The van der Waals surface area contributed by atoms with Gasteiger partial charge in [-0.05, 0) is 66.9 Å². The lowest BCUT2D eigenvalue weighted by molar-refractivity contribution is -0.140. The first-order valence-corrected chi connectivity index (χ1v) is 14.0. The van der Waals surface area contributed by atoms with Crippen LogP contribution in [0.4, 0.5) is 0 Å². The molecule has 1 amide bonds. The van der Waals surface area contributed by atoms with Gasteiger partial charge in [-0.1, -0.05) is 25.8 Å². The van der Waals surface area contributed by atoms with E-state index in [0.29, 0.717) is 60.6 Å². The minimum absolute atomic E-state index is 0.0141. The fourth-order valence-corrected chi connectivity index (χ4v) is 5.04. The molecule has 5 rings (SSSR count). The van der Waals surface area contributed by atoms with Crippen LogP contribution in [0, 0.1) is 0 Å². The number of carbonyl (C=O) groups is 2. The van der Waals surface area contributed by atoms with Crippen LogP contribution < -0.4 is 18.9 Å². The van der Waals surface area contributed by atoms with Crippen molar-refractivity contribution in [1.29, 1.82) is 0 Å². The van der Waals surface area contributed by atoms with E-state index >= 15 is 0 Å². The van der Waals surface area contributed by atoms with Crippen molar-refractivity contribution in [1.82, 2.24) is 9.88 Å². The maximum Gasteiger partial charge on any atom is 0.295 e. The third kappa shape index (κ3) is 5.99. The third-order valence-corrected chi connectivity index (χ3v) is 7.05. The first kappa shape index (κ1) is 28.0. The molecule has 1 aromatic heterocycles. The van der Waals surface area contributed by atoms with Gasteiger partial charge in [-0.3, -0.25) is 14.6 Å². The van der Waals surface area contributed by atoms with Gasteiger partial charge in [-0.15, -0.1) is 0 Å². The van der Waals surface area contributed by atoms with Gasteiger partial charge in [0.15, 0.2) is 23.0 Å². The number of pyridine rings is 1. The van der Waals surface area contributed by atoms with Crippen molar-refractivity contribution in [2.24, 2.45) is 0 Å². The highest BCUT2D eigenvalue weighted by atomic mass is 16.6. The Morgan fingerprint density at radius 1 is 0.951 bits per heavy atom. The number of aliphatic hydroxyl groups excluding tert-OH is 1. The molecule has 9 heteroatoms. The van der Waals surface area contributed by atoms with Crippen LogP contribution in [0.25, 0.3) is 5.76 Å². The number of likely N-dealkylation sites (tertiary alicyclic amines) is 1. The number of carbonyl (C=O) groups excluding carboxylic acids is 2. The molecule has 0 unspecified atom stereocenters. The van der Waals surface area contributed by atoms with E-state index in [1.165, 1.54) is 4.90 Å². The van der Waals surface area contributed by atoms with Crippen molar-refractivity contribution in [3.63, 3.8) is 0 Å². The fourth-order valence-electron chi connectivity index (χ4n) is 5.04. The van der Waals surface area contributed by atoms with E-state index in [0.717, 1.165) is 24.8 Å². The molecule has 1 fully saturated rings. The quantitative estimate of drug-likeness (QED) is 0.143. The summed E-state index contributed by atoms with van der Waals surface area (Å²) in [6, 6.07) is 13.0. The van der Waals surface area contributed by atoms with Gasteiger partial charge in [0, 0.05) is 24.5 Å². The van der Waals surface area contributed by atoms with Gasteiger partial charge in [-0.2, -0.15) is 0 Å². The van der Waals surface area contributed by atoms with Gasteiger partial charge in [0.2, 0.25) is 0 Å². The molecule has 41 heavy (non-hydrogen) atoms. The summed E-state index contributed by atoms with van der Waals surface area (Å²) in [5.41, 5.74) is 1.75. The van der Waals surface area contributed by atoms with E-state index in [9.17, 15) is 14.7 Å². The van der Waals surface area contributed by atoms with E-state index in [4.69, 9.17) is 18.9 Å². The minimum Gasteiger partial charge on any atom is -0.507 e. The summed E-state index contributed by atoms with van der Waals surface area (Å²) in [5, 5.41) is 11.5. The molecule has 214 valence electrons. The smallest absolute Gasteiger partial charge is 0.295 e. The molecule has 0 saturated carbocycles. The monoisotopic (exact) mass is 558 g/mol. The predicted octanol–water partition coefficient (Wildman–Crippen LogP) is 5.44. The van der Waals surface area contributed by atoms with Crippen LogP contribution in [-0.2, 0) is 16.1 Å². The lowest BCUT2D eigenvalue weighted by Crippen LogP contribution is -2.29. The Kier molecular flexibility index (Phi) is 8.72. The molecule has 1 N–H and O–H groups in total. The summed E-state index contributed by atoms with van der Waals surface area (Å²) >= 11 is 0. The largest absolute Gasteiger partial charge is 0.507 e. The predicted molar refractivity (Wildman–Crippen MR) is 152 cm³/mol. The molecule has 2 aliphatic rings. The average molecular weight is 559 g/mol. The number of benzene rings is 2. The summed E-state index contributed by atoms with van der Waals surface area (Å²) in [6.07, 6.45) is 6.33. The number of aliphatic hydroxyl groups is 1. The molecule has 0 aliphatic carbocycles. The number of hydrogen-bond acceptors (Lipinski definition) is 8. The zero-order valence-electron chi connectivity index (χ0n) is 23.3. The first-order valence-electron chi connectivity index (χ1n) is 14.0. The molecule has 3 heterocycles. The highest BCUT2D eigenvalue weighted by Gasteiger charge is 2.46. The van der Waals surface area contributed by atoms with Crippen molar-refractivity contribution in [3.05, 3.63) is 83.2 Å². The molecule has 9 nitrogen and oxygen atoms in total. The molecule has 2 aromatic carbocycles. The number of unbranched alkanes of at least 4 members (excludes halogenated alkanes) is 2. The summed E-state index contributed by atoms with van der Waals surface area (Å²) in [4.78, 5) is 32.5. The second-order valence-corrected chi connectivity index (χ2v) is 9.84. The number of fused-ring (bicyclic) bond motifs is 1. The Labute approximate surface area is 239 Å². The van der Waals surface area contributed by atoms with Crippen molar-refractivity contribution >= 4 is 17.4 Å². The van der Waals surface area contributed by atoms with Gasteiger partial charge in [-0.25, -0.2) is 0 Å². The molecule has 1 atom stereocenters. The number of rotatable bonds is 11. The maximum absolute atomic E-state index is 13.5. The number of amides is 1. The topological polar surface area (TPSA) is 107 Å². The number of nitrogens with zero attached hydrogens (tertiary/aromatic N) is 2. The van der Waals surface area contributed by atoms with Crippen LogP contribution >= 0.6 is 0 Å². The van der Waals surface area contributed by atoms with E-state index in [1.54, 1.807) is 54.9 Å². The molecule has 3 aromatic rings. The number of ether oxygens (including phenoxy) is 4. The summed E-state index contributed by atoms with van der Waals surface area (Å²) < 4.78 is 23.2. The minimum atomic E-state index is -0.871. The lowest BCUT2D eigenvalue weighted by Gasteiger charge is -2.26. The number of ketones is 1. The van der Waals surface area contributed by atoms with Crippen LogP contribution in [-0.4, -0.2) is 53.1 Å². The molecule has 0 bridgehead atoms. The Bertz CT molecular complexity index is 1440. The van der Waals surface area contributed by atoms with Crippen LogP contribution in [0.5, 0.6) is 23.0 Å². The molecule has 2 aliphatic heterocycles. The van der Waals surface area contributed by atoms with Gasteiger partial charge < -0.3 is 29.0 Å². The second-order valence-electron chi connectivity index (χ2n) is 9.84. The van der Waals surface area contributed by atoms with Gasteiger partial charge >= 0.3 is 0 Å². The highest BCUT2D eigenvalue weighted by Crippen LogP contribution is 2.43. The Morgan fingerprint density at radius 2 is 1.73 bits per heavy atom. The van der Waals surface area contributed by atoms with E-state index in [-0.39, 0.29) is 17.9 Å². The number of Topliss-reactive ketones (excluding diaryl/α,β-unsaturated/α-hetero) is 1. The zero-order chi connectivity index (χ0) is 28.8. The normalized spacial score (nSPS) is 17.5. The summed E-state index contributed by atoms with van der Waals surface area (Å²) in [5.74, 6) is 0.350. The van der Waals surface area contributed by atoms with E-state index in [2.05, 4.69) is 11.9 Å². The van der Waals surface area contributed by atoms with E-state index in [1.807, 2.05) is 13.0 Å². The van der Waals surface area contributed by atoms with Crippen molar-refractivity contribution in [2.45, 2.75) is 45.7 Å². The van der Waals surface area contributed by atoms with Gasteiger partial charge in [0.25, 0.3) is 11.7 Å². The molecule has 0 spiro atoms. The number of hydrogen-bond donors (Lipinski definition) is 1. The van der Waals surface area contributed by atoms with Crippen LogP contribution in [0.2, 0.25) is 0 Å². The van der Waals surface area contributed by atoms with Crippen molar-refractivity contribution in [3.8, 4) is 23.0 Å². The van der Waals surface area contributed by atoms with Gasteiger partial charge in [0.1, 0.15) is 19.0 Å². The highest BCUT2D eigenvalue weighted by molar-refractivity contribution is 6.46.